The normalized spacial score (nSPS) is 12.1. The van der Waals surface area contributed by atoms with Gasteiger partial charge in [-0.1, -0.05) is 0 Å². The van der Waals surface area contributed by atoms with Crippen LogP contribution >= 0.6 is 0 Å². The van der Waals surface area contributed by atoms with Crippen LogP contribution in [0.1, 0.15) is 6.92 Å². The number of aromatic nitrogens is 6. The summed E-state index contributed by atoms with van der Waals surface area (Å²) in [6, 6.07) is 1.88. The molecule has 0 aliphatic carbocycles. The molecule has 4 aromatic rings. The van der Waals surface area contributed by atoms with Crippen LogP contribution in [0.2, 0.25) is 0 Å². The number of halogens is 2. The Bertz CT molecular complexity index is 1020. The summed E-state index contributed by atoms with van der Waals surface area (Å²) in [4.78, 5) is 12.5. The van der Waals surface area contributed by atoms with Crippen molar-refractivity contribution >= 4 is 17.2 Å². The van der Waals surface area contributed by atoms with Crippen molar-refractivity contribution in [2.24, 2.45) is 0 Å². The van der Waals surface area contributed by atoms with E-state index in [1.165, 1.54) is 0 Å². The van der Waals surface area contributed by atoms with E-state index >= 15 is 0 Å². The van der Waals surface area contributed by atoms with Crippen LogP contribution in [0.3, 0.4) is 0 Å². The summed E-state index contributed by atoms with van der Waals surface area (Å²) in [5.41, 5.74) is 2.53. The van der Waals surface area contributed by atoms with E-state index in [9.17, 15) is 8.78 Å². The van der Waals surface area contributed by atoms with Gasteiger partial charge in [0, 0.05) is 49.0 Å². The largest absolute Gasteiger partial charge is 0.347 e. The van der Waals surface area contributed by atoms with E-state index in [1.54, 1.807) is 29.3 Å². The lowest BCUT2D eigenvalue weighted by molar-refractivity contribution is 0.0365. The fourth-order valence-corrected chi connectivity index (χ4v) is 2.42. The number of hydrogen-bond acceptors (Lipinski definition) is 5. The third-order valence-corrected chi connectivity index (χ3v) is 3.53. The van der Waals surface area contributed by atoms with Crippen LogP contribution in [0.25, 0.3) is 22.4 Å². The zero-order valence-electron chi connectivity index (χ0n) is 12.7. The van der Waals surface area contributed by atoms with Crippen molar-refractivity contribution in [3.8, 4) is 11.1 Å². The van der Waals surface area contributed by atoms with Gasteiger partial charge in [-0.3, -0.25) is 4.40 Å². The van der Waals surface area contributed by atoms with Gasteiger partial charge in [-0.05, 0) is 6.07 Å². The molecule has 0 aromatic carbocycles. The van der Waals surface area contributed by atoms with Gasteiger partial charge < -0.3 is 5.32 Å². The second kappa shape index (κ2) is 5.22. The molecule has 0 amide bonds. The predicted molar refractivity (Wildman–Crippen MR) is 84.1 cm³/mol. The Morgan fingerprint density at radius 2 is 2.04 bits per heavy atom. The molecule has 7 nitrogen and oxygen atoms in total. The molecule has 9 heteroatoms. The average molecular weight is 329 g/mol. The van der Waals surface area contributed by atoms with Crippen molar-refractivity contribution in [1.82, 2.24) is 29.0 Å². The Morgan fingerprint density at radius 3 is 2.88 bits per heavy atom. The molecular formula is C15H13F2N7. The molecule has 0 radical (unpaired) electrons. The fourth-order valence-electron chi connectivity index (χ4n) is 2.42. The molecule has 0 spiro atoms. The minimum atomic E-state index is -2.83. The standard InChI is InChI=1S/C15H13F2N7/c1-15(16,17)9-21-13-19-7-12-11(2-4-24(12)22-13)10-6-20-14-18-3-5-23(14)8-10/h2-8H,9H2,1H3,(H,21,22). The van der Waals surface area contributed by atoms with E-state index < -0.39 is 12.5 Å². The highest BCUT2D eigenvalue weighted by Gasteiger charge is 2.21. The third kappa shape index (κ3) is 2.64. The first-order chi connectivity index (χ1) is 11.5. The van der Waals surface area contributed by atoms with Crippen LogP contribution in [0.5, 0.6) is 0 Å². The fraction of sp³-hybridized carbons (Fsp3) is 0.200. The van der Waals surface area contributed by atoms with Gasteiger partial charge in [0.15, 0.2) is 0 Å². The number of hydrogen-bond donors (Lipinski definition) is 1. The molecule has 122 valence electrons. The minimum Gasteiger partial charge on any atom is -0.347 e. The summed E-state index contributed by atoms with van der Waals surface area (Å²) >= 11 is 0. The Morgan fingerprint density at radius 1 is 1.17 bits per heavy atom. The van der Waals surface area contributed by atoms with Gasteiger partial charge in [-0.15, -0.1) is 5.10 Å². The topological polar surface area (TPSA) is 72.4 Å². The number of nitrogens with one attached hydrogen (secondary N) is 1. The highest BCUT2D eigenvalue weighted by molar-refractivity contribution is 5.79. The van der Waals surface area contributed by atoms with Gasteiger partial charge in [0.25, 0.3) is 5.92 Å². The van der Waals surface area contributed by atoms with Crippen LogP contribution in [-0.2, 0) is 0 Å². The van der Waals surface area contributed by atoms with E-state index in [0.717, 1.165) is 23.6 Å². The molecule has 0 saturated carbocycles. The van der Waals surface area contributed by atoms with Gasteiger partial charge in [-0.25, -0.2) is 28.2 Å². The van der Waals surface area contributed by atoms with Crippen LogP contribution < -0.4 is 5.32 Å². The van der Waals surface area contributed by atoms with Crippen molar-refractivity contribution in [2.45, 2.75) is 12.8 Å². The van der Waals surface area contributed by atoms with Crippen molar-refractivity contribution in [2.75, 3.05) is 11.9 Å². The molecule has 4 rings (SSSR count). The van der Waals surface area contributed by atoms with E-state index in [1.807, 2.05) is 22.9 Å². The van der Waals surface area contributed by atoms with E-state index in [4.69, 9.17) is 0 Å². The Labute approximate surface area is 135 Å². The minimum absolute atomic E-state index is 0.148. The first kappa shape index (κ1) is 14.5. The van der Waals surface area contributed by atoms with E-state index in [0.29, 0.717) is 5.78 Å². The lowest BCUT2D eigenvalue weighted by Gasteiger charge is -2.11. The monoisotopic (exact) mass is 329 g/mol. The lowest BCUT2D eigenvalue weighted by atomic mass is 10.1. The van der Waals surface area contributed by atoms with Crippen LogP contribution in [0, 0.1) is 0 Å². The maximum atomic E-state index is 12.9. The van der Waals surface area contributed by atoms with Crippen molar-refractivity contribution < 1.29 is 8.78 Å². The molecule has 0 atom stereocenters. The van der Waals surface area contributed by atoms with Gasteiger partial charge in [0.05, 0.1) is 18.3 Å². The summed E-state index contributed by atoms with van der Waals surface area (Å²) in [6.07, 6.45) is 10.5. The number of nitrogens with zero attached hydrogens (tertiary/aromatic N) is 6. The molecule has 0 aliphatic heterocycles. The van der Waals surface area contributed by atoms with Gasteiger partial charge >= 0.3 is 0 Å². The SMILES string of the molecule is CC(F)(F)CNc1ncc2c(-c3cnc4nccn4c3)ccn2n1. The first-order valence-corrected chi connectivity index (χ1v) is 7.25. The van der Waals surface area contributed by atoms with Crippen LogP contribution in [0.4, 0.5) is 14.7 Å². The summed E-state index contributed by atoms with van der Waals surface area (Å²) in [6.45, 7) is 0.319. The Balaban J connectivity index is 1.69. The maximum absolute atomic E-state index is 12.9. The van der Waals surface area contributed by atoms with Crippen molar-refractivity contribution in [3.05, 3.63) is 43.2 Å². The molecule has 0 unspecified atom stereocenters. The zero-order valence-corrected chi connectivity index (χ0v) is 12.7. The highest BCUT2D eigenvalue weighted by Crippen LogP contribution is 2.24. The summed E-state index contributed by atoms with van der Waals surface area (Å²) in [5, 5.41) is 6.73. The lowest BCUT2D eigenvalue weighted by Crippen LogP contribution is -2.24. The van der Waals surface area contributed by atoms with Gasteiger partial charge in [0.1, 0.15) is 0 Å². The molecule has 4 aromatic heterocycles. The summed E-state index contributed by atoms with van der Waals surface area (Å²) in [5.74, 6) is -2.06. The van der Waals surface area contributed by atoms with Gasteiger partial charge in [-0.2, -0.15) is 0 Å². The predicted octanol–water partition coefficient (Wildman–Crippen LogP) is 2.51. The van der Waals surface area contributed by atoms with Gasteiger partial charge in [0.2, 0.25) is 11.7 Å². The highest BCUT2D eigenvalue weighted by atomic mass is 19.3. The number of imidazole rings is 1. The number of anilines is 1. The second-order valence-electron chi connectivity index (χ2n) is 5.54. The molecule has 0 saturated heterocycles. The molecule has 0 aliphatic rings. The maximum Gasteiger partial charge on any atom is 0.262 e. The van der Waals surface area contributed by atoms with E-state index in [-0.39, 0.29) is 5.95 Å². The first-order valence-electron chi connectivity index (χ1n) is 7.25. The smallest absolute Gasteiger partial charge is 0.262 e. The Hall–Kier alpha value is -3.10. The van der Waals surface area contributed by atoms with Crippen molar-refractivity contribution in [1.29, 1.82) is 0 Å². The van der Waals surface area contributed by atoms with E-state index in [2.05, 4.69) is 25.4 Å². The molecule has 0 fully saturated rings. The molecular weight excluding hydrogens is 316 g/mol. The van der Waals surface area contributed by atoms with Crippen LogP contribution in [0.15, 0.2) is 43.2 Å². The molecule has 1 N–H and O–H groups in total. The van der Waals surface area contributed by atoms with Crippen LogP contribution in [-0.4, -0.2) is 41.4 Å². The number of fused-ring (bicyclic) bond motifs is 2. The summed E-state index contributed by atoms with van der Waals surface area (Å²) < 4.78 is 29.2. The molecule has 4 heterocycles. The zero-order chi connectivity index (χ0) is 16.7. The number of rotatable bonds is 4. The summed E-state index contributed by atoms with van der Waals surface area (Å²) in [7, 11) is 0. The third-order valence-electron chi connectivity index (χ3n) is 3.53. The quantitative estimate of drug-likeness (QED) is 0.623. The Kier molecular flexibility index (Phi) is 3.15. The molecule has 24 heavy (non-hydrogen) atoms. The van der Waals surface area contributed by atoms with Crippen molar-refractivity contribution in [3.63, 3.8) is 0 Å². The average Bonchev–Trinajstić information content (AvgIpc) is 3.17. The number of alkyl halides is 2. The molecule has 0 bridgehead atoms. The second-order valence-corrected chi connectivity index (χ2v) is 5.54.